The Hall–Kier alpha value is -1.85. The summed E-state index contributed by atoms with van der Waals surface area (Å²) in [5.74, 6) is -2.11. The van der Waals surface area contributed by atoms with E-state index >= 15 is 0 Å². The Morgan fingerprint density at radius 2 is 1.82 bits per heavy atom. The van der Waals surface area contributed by atoms with Gasteiger partial charge in [0.2, 0.25) is 0 Å². The maximum atomic E-state index is 11.2. The Morgan fingerprint density at radius 3 is 2.29 bits per heavy atom. The number of ether oxygens (including phenoxy) is 3. The minimum Gasteiger partial charge on any atom is -0.466 e. The van der Waals surface area contributed by atoms with Gasteiger partial charge in [0.1, 0.15) is 12.5 Å². The lowest BCUT2D eigenvalue weighted by Crippen LogP contribution is -2.24. The molecule has 6 nitrogen and oxygen atoms in total. The SMILES string of the molecule is C=C(C(=O)OC)C(C)OC(=O)CC(=O)OCC. The number of carbonyl (C=O) groups excluding carboxylic acids is 3. The summed E-state index contributed by atoms with van der Waals surface area (Å²) in [4.78, 5) is 33.3. The molecule has 0 aromatic rings. The van der Waals surface area contributed by atoms with Crippen molar-refractivity contribution in [3.05, 3.63) is 12.2 Å². The molecule has 0 fully saturated rings. The quantitative estimate of drug-likeness (QED) is 0.294. The standard InChI is InChI=1S/C11H16O6/c1-5-16-9(12)6-10(13)17-8(3)7(2)11(14)15-4/h8H,2,5-6H2,1,3-4H3. The van der Waals surface area contributed by atoms with Crippen molar-refractivity contribution in [2.75, 3.05) is 13.7 Å². The molecule has 0 aliphatic heterocycles. The molecule has 0 aliphatic rings. The summed E-state index contributed by atoms with van der Waals surface area (Å²) < 4.78 is 13.8. The van der Waals surface area contributed by atoms with Crippen LogP contribution in [0.2, 0.25) is 0 Å². The normalized spacial score (nSPS) is 11.2. The van der Waals surface area contributed by atoms with Gasteiger partial charge < -0.3 is 14.2 Å². The van der Waals surface area contributed by atoms with Crippen LogP contribution >= 0.6 is 0 Å². The molecule has 0 aromatic heterocycles. The van der Waals surface area contributed by atoms with Crippen molar-refractivity contribution in [3.8, 4) is 0 Å². The second kappa shape index (κ2) is 7.43. The first-order valence-electron chi connectivity index (χ1n) is 5.04. The second-order valence-electron chi connectivity index (χ2n) is 3.13. The van der Waals surface area contributed by atoms with E-state index in [4.69, 9.17) is 4.74 Å². The first-order chi connectivity index (χ1) is 7.92. The fourth-order valence-corrected chi connectivity index (χ4v) is 0.937. The molecule has 1 atom stereocenters. The first-order valence-corrected chi connectivity index (χ1v) is 5.04. The lowest BCUT2D eigenvalue weighted by molar-refractivity contribution is -0.156. The van der Waals surface area contributed by atoms with E-state index in [0.717, 1.165) is 0 Å². The molecule has 0 aromatic carbocycles. The van der Waals surface area contributed by atoms with Crippen molar-refractivity contribution in [2.24, 2.45) is 0 Å². The van der Waals surface area contributed by atoms with Gasteiger partial charge in [0.15, 0.2) is 0 Å². The summed E-state index contributed by atoms with van der Waals surface area (Å²) >= 11 is 0. The van der Waals surface area contributed by atoms with E-state index < -0.39 is 30.4 Å². The van der Waals surface area contributed by atoms with E-state index in [1.165, 1.54) is 14.0 Å². The summed E-state index contributed by atoms with van der Waals surface area (Å²) in [6, 6.07) is 0. The highest BCUT2D eigenvalue weighted by Gasteiger charge is 2.20. The smallest absolute Gasteiger partial charge is 0.336 e. The van der Waals surface area contributed by atoms with Crippen LogP contribution < -0.4 is 0 Å². The Kier molecular flexibility index (Phi) is 6.62. The highest BCUT2D eigenvalue weighted by molar-refractivity contribution is 5.92. The summed E-state index contributed by atoms with van der Waals surface area (Å²) in [7, 11) is 1.20. The molecule has 0 heterocycles. The van der Waals surface area contributed by atoms with Gasteiger partial charge in [0, 0.05) is 0 Å². The average molecular weight is 244 g/mol. The molecule has 0 saturated heterocycles. The largest absolute Gasteiger partial charge is 0.466 e. The molecule has 0 amide bonds. The van der Waals surface area contributed by atoms with Crippen LogP contribution in [-0.4, -0.2) is 37.7 Å². The zero-order chi connectivity index (χ0) is 13.4. The van der Waals surface area contributed by atoms with Crippen LogP contribution in [0.4, 0.5) is 0 Å². The van der Waals surface area contributed by atoms with Crippen LogP contribution in [0.5, 0.6) is 0 Å². The number of rotatable bonds is 6. The third kappa shape index (κ3) is 5.70. The van der Waals surface area contributed by atoms with Gasteiger partial charge in [0.05, 0.1) is 19.3 Å². The number of hydrogen-bond donors (Lipinski definition) is 0. The molecule has 0 aliphatic carbocycles. The van der Waals surface area contributed by atoms with Gasteiger partial charge in [-0.3, -0.25) is 9.59 Å². The number of methoxy groups -OCH3 is 1. The molecular weight excluding hydrogens is 228 g/mol. The monoisotopic (exact) mass is 244 g/mol. The van der Waals surface area contributed by atoms with Crippen molar-refractivity contribution in [1.29, 1.82) is 0 Å². The number of hydrogen-bond acceptors (Lipinski definition) is 6. The minimum absolute atomic E-state index is 0.00436. The highest BCUT2D eigenvalue weighted by atomic mass is 16.6. The highest BCUT2D eigenvalue weighted by Crippen LogP contribution is 2.07. The zero-order valence-electron chi connectivity index (χ0n) is 10.1. The first kappa shape index (κ1) is 15.2. The molecule has 1 unspecified atom stereocenters. The molecular formula is C11H16O6. The van der Waals surface area contributed by atoms with Crippen LogP contribution in [0, 0.1) is 0 Å². The van der Waals surface area contributed by atoms with E-state index in [9.17, 15) is 14.4 Å². The number of carbonyl (C=O) groups is 3. The lowest BCUT2D eigenvalue weighted by Gasteiger charge is -2.13. The van der Waals surface area contributed by atoms with Crippen LogP contribution in [0.25, 0.3) is 0 Å². The number of esters is 3. The lowest BCUT2D eigenvalue weighted by atomic mass is 10.2. The fourth-order valence-electron chi connectivity index (χ4n) is 0.937. The van der Waals surface area contributed by atoms with Gasteiger partial charge in [-0.05, 0) is 13.8 Å². The molecule has 96 valence electrons. The van der Waals surface area contributed by atoms with Crippen LogP contribution in [0.3, 0.4) is 0 Å². The Labute approximate surface area is 99.5 Å². The molecule has 0 saturated carbocycles. The third-order valence-electron chi connectivity index (χ3n) is 1.84. The van der Waals surface area contributed by atoms with E-state index in [1.54, 1.807) is 6.92 Å². The molecule has 0 spiro atoms. The van der Waals surface area contributed by atoms with Gasteiger partial charge in [-0.2, -0.15) is 0 Å². The van der Waals surface area contributed by atoms with Crippen molar-refractivity contribution < 1.29 is 28.6 Å². The molecule has 0 bridgehead atoms. The van der Waals surface area contributed by atoms with E-state index in [2.05, 4.69) is 16.1 Å². The fraction of sp³-hybridized carbons (Fsp3) is 0.545. The third-order valence-corrected chi connectivity index (χ3v) is 1.84. The van der Waals surface area contributed by atoms with Crippen molar-refractivity contribution >= 4 is 17.9 Å². The predicted molar refractivity (Wildman–Crippen MR) is 58.0 cm³/mol. The molecule has 0 rings (SSSR count). The molecule has 6 heteroatoms. The Morgan fingerprint density at radius 1 is 1.24 bits per heavy atom. The Bertz CT molecular complexity index is 320. The van der Waals surface area contributed by atoms with Gasteiger partial charge in [-0.15, -0.1) is 0 Å². The summed E-state index contributed by atoms with van der Waals surface area (Å²) in [5, 5.41) is 0. The minimum atomic E-state index is -0.843. The van der Waals surface area contributed by atoms with Crippen molar-refractivity contribution in [3.63, 3.8) is 0 Å². The van der Waals surface area contributed by atoms with Gasteiger partial charge in [-0.1, -0.05) is 6.58 Å². The molecule has 0 N–H and O–H groups in total. The summed E-state index contributed by atoms with van der Waals surface area (Å²) in [5.41, 5.74) is 0.00436. The Balaban J connectivity index is 4.16. The summed E-state index contributed by atoms with van der Waals surface area (Å²) in [6.07, 6.45) is -1.34. The second-order valence-corrected chi connectivity index (χ2v) is 3.13. The topological polar surface area (TPSA) is 78.9 Å². The van der Waals surface area contributed by atoms with Crippen molar-refractivity contribution in [2.45, 2.75) is 26.4 Å². The summed E-state index contributed by atoms with van der Waals surface area (Å²) in [6.45, 7) is 6.71. The van der Waals surface area contributed by atoms with Crippen LogP contribution in [0.1, 0.15) is 20.3 Å². The average Bonchev–Trinajstić information content (AvgIpc) is 2.26. The van der Waals surface area contributed by atoms with E-state index in [0.29, 0.717) is 0 Å². The van der Waals surface area contributed by atoms with Gasteiger partial charge in [-0.25, -0.2) is 4.79 Å². The van der Waals surface area contributed by atoms with Gasteiger partial charge in [0.25, 0.3) is 0 Å². The predicted octanol–water partition coefficient (Wildman–Crippen LogP) is 0.600. The van der Waals surface area contributed by atoms with E-state index in [1.807, 2.05) is 0 Å². The van der Waals surface area contributed by atoms with Crippen molar-refractivity contribution in [1.82, 2.24) is 0 Å². The van der Waals surface area contributed by atoms with Crippen LogP contribution in [0.15, 0.2) is 12.2 Å². The maximum Gasteiger partial charge on any atom is 0.336 e. The van der Waals surface area contributed by atoms with Crippen LogP contribution in [-0.2, 0) is 28.6 Å². The maximum absolute atomic E-state index is 11.2. The molecule has 0 radical (unpaired) electrons. The van der Waals surface area contributed by atoms with Gasteiger partial charge >= 0.3 is 17.9 Å². The zero-order valence-corrected chi connectivity index (χ0v) is 10.1. The molecule has 17 heavy (non-hydrogen) atoms. The van der Waals surface area contributed by atoms with E-state index in [-0.39, 0.29) is 12.2 Å².